The summed E-state index contributed by atoms with van der Waals surface area (Å²) in [7, 11) is 0. The van der Waals surface area contributed by atoms with Crippen LogP contribution in [0.5, 0.6) is 0 Å². The fraction of sp³-hybridized carbons (Fsp3) is 0.455. The quantitative estimate of drug-likeness (QED) is 0.360. The lowest BCUT2D eigenvalue weighted by Crippen LogP contribution is -2.08. The third-order valence-corrected chi connectivity index (χ3v) is 3.75. The van der Waals surface area contributed by atoms with E-state index in [9.17, 15) is 0 Å². The summed E-state index contributed by atoms with van der Waals surface area (Å²) in [6.45, 7) is 13.6. The van der Waals surface area contributed by atoms with Crippen molar-refractivity contribution in [3.63, 3.8) is 0 Å². The SMILES string of the molecule is BrBr.CC(C)(C)Cc1ccc(Br)cc1.CC(C)(C)Cc1ccccc1. The summed E-state index contributed by atoms with van der Waals surface area (Å²) < 4.78 is 1.15. The second-order valence-corrected chi connectivity index (χ2v) is 9.50. The molecule has 0 unspecified atom stereocenters. The molecule has 0 atom stereocenters. The highest BCUT2D eigenvalue weighted by Crippen LogP contribution is 2.21. The highest BCUT2D eigenvalue weighted by atomic mass is 80.9. The first kappa shape index (κ1) is 24.9. The van der Waals surface area contributed by atoms with Crippen LogP contribution in [0.1, 0.15) is 52.7 Å². The van der Waals surface area contributed by atoms with Gasteiger partial charge in [-0.3, -0.25) is 0 Å². The van der Waals surface area contributed by atoms with Crippen LogP contribution in [0.4, 0.5) is 0 Å². The fourth-order valence-corrected chi connectivity index (χ4v) is 2.69. The van der Waals surface area contributed by atoms with E-state index in [1.165, 1.54) is 11.1 Å². The Morgan fingerprint density at radius 1 is 0.600 bits per heavy atom. The molecule has 2 aromatic carbocycles. The van der Waals surface area contributed by atoms with Gasteiger partial charge in [-0.2, -0.15) is 0 Å². The molecular formula is C22H31Br3. The van der Waals surface area contributed by atoms with Crippen molar-refractivity contribution in [3.8, 4) is 0 Å². The molecule has 2 rings (SSSR count). The van der Waals surface area contributed by atoms with E-state index >= 15 is 0 Å². The van der Waals surface area contributed by atoms with Crippen LogP contribution in [-0.4, -0.2) is 0 Å². The lowest BCUT2D eigenvalue weighted by molar-refractivity contribution is 0.411. The number of rotatable bonds is 2. The van der Waals surface area contributed by atoms with E-state index in [0.29, 0.717) is 10.8 Å². The molecule has 0 aromatic heterocycles. The maximum atomic E-state index is 3.43. The third-order valence-electron chi connectivity index (χ3n) is 3.22. The molecule has 0 saturated heterocycles. The minimum Gasteiger partial charge on any atom is -0.0622 e. The van der Waals surface area contributed by atoms with Crippen LogP contribution in [0.2, 0.25) is 0 Å². The van der Waals surface area contributed by atoms with Crippen molar-refractivity contribution in [1.82, 2.24) is 0 Å². The molecule has 0 spiro atoms. The van der Waals surface area contributed by atoms with Crippen LogP contribution < -0.4 is 0 Å². The number of hydrogen-bond acceptors (Lipinski definition) is 0. The monoisotopic (exact) mass is 532 g/mol. The van der Waals surface area contributed by atoms with Gasteiger partial charge in [0.05, 0.1) is 0 Å². The molecule has 0 bridgehead atoms. The van der Waals surface area contributed by atoms with E-state index in [1.54, 1.807) is 0 Å². The summed E-state index contributed by atoms with van der Waals surface area (Å²) >= 11 is 8.93. The zero-order chi connectivity index (χ0) is 19.5. The Labute approximate surface area is 178 Å². The second kappa shape index (κ2) is 12.3. The summed E-state index contributed by atoms with van der Waals surface area (Å²) in [6.07, 6.45) is 2.30. The van der Waals surface area contributed by atoms with E-state index in [1.807, 2.05) is 0 Å². The van der Waals surface area contributed by atoms with Crippen molar-refractivity contribution >= 4 is 44.2 Å². The Balaban J connectivity index is 0.000000421. The Hall–Kier alpha value is -0.120. The zero-order valence-corrected chi connectivity index (χ0v) is 21.0. The maximum Gasteiger partial charge on any atom is 0.0175 e. The van der Waals surface area contributed by atoms with Crippen molar-refractivity contribution in [2.45, 2.75) is 54.4 Å². The average Bonchev–Trinajstić information content (AvgIpc) is 2.50. The molecule has 0 radical (unpaired) electrons. The Kier molecular flexibility index (Phi) is 12.2. The normalized spacial score (nSPS) is 10.9. The number of halogens is 3. The first-order valence-corrected chi connectivity index (χ1v) is 13.0. The Morgan fingerprint density at radius 3 is 1.32 bits per heavy atom. The van der Waals surface area contributed by atoms with Crippen molar-refractivity contribution in [2.75, 3.05) is 0 Å². The summed E-state index contributed by atoms with van der Waals surface area (Å²) in [6, 6.07) is 19.2. The maximum absolute atomic E-state index is 3.43. The van der Waals surface area contributed by atoms with Gasteiger partial charge in [0, 0.05) is 32.7 Å². The lowest BCUT2D eigenvalue weighted by Gasteiger charge is -2.17. The molecule has 0 N–H and O–H groups in total. The first-order chi connectivity index (χ1) is 11.6. The van der Waals surface area contributed by atoms with Gasteiger partial charge < -0.3 is 0 Å². The van der Waals surface area contributed by atoms with Crippen LogP contribution in [0.15, 0.2) is 59.1 Å². The van der Waals surface area contributed by atoms with Crippen LogP contribution >= 0.6 is 44.2 Å². The predicted octanol–water partition coefficient (Wildman–Crippen LogP) is 9.00. The summed E-state index contributed by atoms with van der Waals surface area (Å²) in [5, 5.41) is 0. The summed E-state index contributed by atoms with van der Waals surface area (Å²) in [5.74, 6) is 0. The van der Waals surface area contributed by atoms with Gasteiger partial charge in [0.1, 0.15) is 0 Å². The average molecular weight is 535 g/mol. The standard InChI is InChI=1S/C11H15Br.C11H16.Br2/c1-11(2,3)8-9-4-6-10(12)7-5-9;1-11(2,3)9-10-7-5-4-6-8-10;1-2/h4-7H,8H2,1-3H3;4-8H,9H2,1-3H3;. The first-order valence-electron chi connectivity index (χ1n) is 8.48. The minimum absolute atomic E-state index is 0.383. The molecule has 0 heterocycles. The number of hydrogen-bond donors (Lipinski definition) is 0. The molecule has 0 saturated carbocycles. The van der Waals surface area contributed by atoms with Gasteiger partial charge in [0.25, 0.3) is 0 Å². The van der Waals surface area contributed by atoms with Crippen LogP contribution in [-0.2, 0) is 12.8 Å². The van der Waals surface area contributed by atoms with Crippen LogP contribution in [0, 0.1) is 10.8 Å². The Morgan fingerprint density at radius 2 is 0.960 bits per heavy atom. The molecule has 0 nitrogen and oxygen atoms in total. The molecular weight excluding hydrogens is 504 g/mol. The smallest absolute Gasteiger partial charge is 0.0175 e. The van der Waals surface area contributed by atoms with Gasteiger partial charge in [-0.05, 0) is 46.9 Å². The van der Waals surface area contributed by atoms with Gasteiger partial charge in [0.15, 0.2) is 0 Å². The fourth-order valence-electron chi connectivity index (χ4n) is 2.42. The highest BCUT2D eigenvalue weighted by molar-refractivity contribution is 9.93. The zero-order valence-electron chi connectivity index (χ0n) is 16.2. The predicted molar refractivity (Wildman–Crippen MR) is 125 cm³/mol. The topological polar surface area (TPSA) is 0 Å². The minimum atomic E-state index is 0.383. The van der Waals surface area contributed by atoms with Gasteiger partial charge in [-0.15, -0.1) is 0 Å². The van der Waals surface area contributed by atoms with Crippen LogP contribution in [0.3, 0.4) is 0 Å². The van der Waals surface area contributed by atoms with Crippen molar-refractivity contribution in [1.29, 1.82) is 0 Å². The molecule has 25 heavy (non-hydrogen) atoms. The van der Waals surface area contributed by atoms with Gasteiger partial charge in [-0.25, -0.2) is 0 Å². The molecule has 0 aliphatic rings. The number of benzene rings is 2. The van der Waals surface area contributed by atoms with Gasteiger partial charge in [0.2, 0.25) is 0 Å². The molecule has 0 fully saturated rings. The highest BCUT2D eigenvalue weighted by Gasteiger charge is 2.10. The molecule has 0 amide bonds. The largest absolute Gasteiger partial charge is 0.0622 e. The summed E-state index contributed by atoms with van der Waals surface area (Å²) in [4.78, 5) is 0. The van der Waals surface area contributed by atoms with Crippen LogP contribution in [0.25, 0.3) is 0 Å². The van der Waals surface area contributed by atoms with Crippen molar-refractivity contribution in [2.24, 2.45) is 10.8 Å². The molecule has 2 aromatic rings. The van der Waals surface area contributed by atoms with Crippen molar-refractivity contribution in [3.05, 3.63) is 70.2 Å². The van der Waals surface area contributed by atoms with Gasteiger partial charge >= 0.3 is 0 Å². The second-order valence-electron chi connectivity index (χ2n) is 8.59. The molecule has 0 aliphatic carbocycles. The van der Waals surface area contributed by atoms with E-state index in [4.69, 9.17) is 0 Å². The van der Waals surface area contributed by atoms with E-state index < -0.39 is 0 Å². The molecule has 140 valence electrons. The third kappa shape index (κ3) is 14.7. The van der Waals surface area contributed by atoms with E-state index in [2.05, 4.69) is 140 Å². The summed E-state index contributed by atoms with van der Waals surface area (Å²) in [5.41, 5.74) is 3.63. The van der Waals surface area contributed by atoms with Gasteiger partial charge in [-0.1, -0.05) is 99.9 Å². The molecule has 0 aliphatic heterocycles. The van der Waals surface area contributed by atoms with Crippen molar-refractivity contribution < 1.29 is 0 Å². The van der Waals surface area contributed by atoms with E-state index in [-0.39, 0.29) is 0 Å². The lowest BCUT2D eigenvalue weighted by atomic mass is 9.88. The van der Waals surface area contributed by atoms with E-state index in [0.717, 1.165) is 17.3 Å². The molecule has 3 heteroatoms. The Bertz CT molecular complexity index is 561.